The van der Waals surface area contributed by atoms with Crippen molar-refractivity contribution < 1.29 is 14.7 Å². The Hall–Kier alpha value is -2.10. The molecule has 0 radical (unpaired) electrons. The first kappa shape index (κ1) is 9.45. The first-order valence-corrected chi connectivity index (χ1v) is 4.47. The number of benzene rings is 1. The van der Waals surface area contributed by atoms with Crippen LogP contribution in [-0.4, -0.2) is 17.3 Å². The second-order valence-electron chi connectivity index (χ2n) is 3.15. The molecule has 0 aromatic heterocycles. The van der Waals surface area contributed by atoms with Gasteiger partial charge in [0.15, 0.2) is 5.75 Å². The number of oxime groups is 1. The molecule has 4 heteroatoms. The van der Waals surface area contributed by atoms with Gasteiger partial charge in [-0.15, -0.1) is 0 Å². The van der Waals surface area contributed by atoms with Crippen molar-refractivity contribution in [1.29, 1.82) is 0 Å². The molecule has 1 aromatic rings. The minimum atomic E-state index is -0.882. The maximum atomic E-state index is 10.5. The summed E-state index contributed by atoms with van der Waals surface area (Å²) in [6, 6.07) is 7.34. The van der Waals surface area contributed by atoms with Crippen LogP contribution >= 0.6 is 0 Å². The first-order valence-electron chi connectivity index (χ1n) is 4.47. The van der Waals surface area contributed by atoms with E-state index in [1.165, 1.54) is 6.21 Å². The van der Waals surface area contributed by atoms with E-state index in [9.17, 15) is 4.79 Å². The van der Waals surface area contributed by atoms with Crippen LogP contribution in [0.25, 0.3) is 6.08 Å². The van der Waals surface area contributed by atoms with E-state index in [0.717, 1.165) is 5.56 Å². The van der Waals surface area contributed by atoms with Crippen LogP contribution in [0, 0.1) is 0 Å². The van der Waals surface area contributed by atoms with E-state index in [-0.39, 0.29) is 6.42 Å². The third kappa shape index (κ3) is 2.22. The molecule has 1 aliphatic heterocycles. The van der Waals surface area contributed by atoms with E-state index >= 15 is 0 Å². The predicted molar refractivity (Wildman–Crippen MR) is 55.8 cm³/mol. The summed E-state index contributed by atoms with van der Waals surface area (Å²) in [6.07, 6.45) is 3.13. The quantitative estimate of drug-likeness (QED) is 0.798. The Balaban J connectivity index is 2.35. The van der Waals surface area contributed by atoms with Crippen molar-refractivity contribution in [3.8, 4) is 5.75 Å². The fourth-order valence-corrected chi connectivity index (χ4v) is 1.34. The third-order valence-electron chi connectivity index (χ3n) is 1.98. The Morgan fingerprint density at radius 1 is 1.40 bits per heavy atom. The van der Waals surface area contributed by atoms with E-state index in [0.29, 0.717) is 11.3 Å². The Bertz CT molecular complexity index is 449. The first-order chi connectivity index (χ1) is 7.25. The van der Waals surface area contributed by atoms with Crippen LogP contribution < -0.4 is 4.84 Å². The Labute approximate surface area is 86.5 Å². The molecular weight excluding hydrogens is 194 g/mol. The monoisotopic (exact) mass is 203 g/mol. The smallest absolute Gasteiger partial charge is 0.307 e. The van der Waals surface area contributed by atoms with Crippen LogP contribution in [0.15, 0.2) is 35.0 Å². The van der Waals surface area contributed by atoms with Gasteiger partial charge in [-0.2, -0.15) is 0 Å². The van der Waals surface area contributed by atoms with Gasteiger partial charge in [0.2, 0.25) is 0 Å². The fourth-order valence-electron chi connectivity index (χ4n) is 1.34. The number of para-hydroxylation sites is 1. The molecule has 0 saturated carbocycles. The normalized spacial score (nSPS) is 13.5. The molecule has 4 nitrogen and oxygen atoms in total. The van der Waals surface area contributed by atoms with Crippen molar-refractivity contribution in [2.45, 2.75) is 6.42 Å². The number of rotatable bonds is 2. The van der Waals surface area contributed by atoms with Crippen LogP contribution in [0.1, 0.15) is 12.0 Å². The van der Waals surface area contributed by atoms with E-state index < -0.39 is 5.97 Å². The molecule has 1 N–H and O–H groups in total. The van der Waals surface area contributed by atoms with Crippen molar-refractivity contribution in [2.24, 2.45) is 5.16 Å². The number of hydrogen-bond donors (Lipinski definition) is 1. The highest BCUT2D eigenvalue weighted by molar-refractivity contribution is 5.92. The van der Waals surface area contributed by atoms with Crippen molar-refractivity contribution in [3.63, 3.8) is 0 Å². The highest BCUT2D eigenvalue weighted by Crippen LogP contribution is 2.23. The van der Waals surface area contributed by atoms with Crippen LogP contribution in [0.2, 0.25) is 0 Å². The highest BCUT2D eigenvalue weighted by atomic mass is 16.6. The zero-order chi connectivity index (χ0) is 10.7. The lowest BCUT2D eigenvalue weighted by molar-refractivity contribution is -0.136. The van der Waals surface area contributed by atoms with Crippen molar-refractivity contribution >= 4 is 18.3 Å². The molecule has 0 saturated heterocycles. The molecule has 2 rings (SSSR count). The van der Waals surface area contributed by atoms with Gasteiger partial charge in [0, 0.05) is 5.56 Å². The van der Waals surface area contributed by atoms with Crippen LogP contribution in [0.3, 0.4) is 0 Å². The SMILES string of the molecule is O=C(O)CC1=Cc2ccccc2ON=C1. The summed E-state index contributed by atoms with van der Waals surface area (Å²) >= 11 is 0. The zero-order valence-corrected chi connectivity index (χ0v) is 7.88. The Kier molecular flexibility index (Phi) is 2.49. The minimum Gasteiger partial charge on any atom is -0.481 e. The average Bonchev–Trinajstić information content (AvgIpc) is 2.38. The lowest BCUT2D eigenvalue weighted by atomic mass is 10.1. The van der Waals surface area contributed by atoms with Gasteiger partial charge >= 0.3 is 5.97 Å². The molecule has 1 aromatic carbocycles. The van der Waals surface area contributed by atoms with Crippen LogP contribution in [-0.2, 0) is 4.79 Å². The largest absolute Gasteiger partial charge is 0.481 e. The molecule has 76 valence electrons. The Morgan fingerprint density at radius 3 is 3.00 bits per heavy atom. The predicted octanol–water partition coefficient (Wildman–Crippen LogP) is 1.92. The van der Waals surface area contributed by atoms with Gasteiger partial charge in [-0.3, -0.25) is 4.79 Å². The second kappa shape index (κ2) is 3.96. The number of hydrogen-bond acceptors (Lipinski definition) is 3. The van der Waals surface area contributed by atoms with Crippen molar-refractivity contribution in [1.82, 2.24) is 0 Å². The van der Waals surface area contributed by atoms with Gasteiger partial charge in [0.1, 0.15) is 0 Å². The maximum absolute atomic E-state index is 10.5. The van der Waals surface area contributed by atoms with Gasteiger partial charge in [-0.25, -0.2) is 0 Å². The number of aliphatic carboxylic acids is 1. The topological polar surface area (TPSA) is 58.9 Å². The summed E-state index contributed by atoms with van der Waals surface area (Å²) in [5.74, 6) is -0.249. The number of carboxylic acids is 1. The molecule has 0 aliphatic carbocycles. The van der Waals surface area contributed by atoms with Gasteiger partial charge < -0.3 is 9.94 Å². The summed E-state index contributed by atoms with van der Waals surface area (Å²) in [5.41, 5.74) is 1.46. The fraction of sp³-hybridized carbons (Fsp3) is 0.0909. The molecule has 15 heavy (non-hydrogen) atoms. The summed E-state index contributed by atoms with van der Waals surface area (Å²) in [5, 5.41) is 12.4. The number of nitrogens with zero attached hydrogens (tertiary/aromatic N) is 1. The average molecular weight is 203 g/mol. The molecule has 0 unspecified atom stereocenters. The Morgan fingerprint density at radius 2 is 2.20 bits per heavy atom. The lowest BCUT2D eigenvalue weighted by Crippen LogP contribution is -1.97. The van der Waals surface area contributed by atoms with Crippen LogP contribution in [0.5, 0.6) is 5.75 Å². The minimum absolute atomic E-state index is 0.0544. The highest BCUT2D eigenvalue weighted by Gasteiger charge is 2.08. The summed E-state index contributed by atoms with van der Waals surface area (Å²) < 4.78 is 0. The number of fused-ring (bicyclic) bond motifs is 1. The molecule has 0 amide bonds. The van der Waals surface area contributed by atoms with Crippen LogP contribution in [0.4, 0.5) is 0 Å². The molecular formula is C11H9NO3. The van der Waals surface area contributed by atoms with E-state index in [1.54, 1.807) is 12.1 Å². The van der Waals surface area contributed by atoms with Gasteiger partial charge in [0.25, 0.3) is 0 Å². The van der Waals surface area contributed by atoms with Gasteiger partial charge in [-0.05, 0) is 17.7 Å². The van der Waals surface area contributed by atoms with Gasteiger partial charge in [0.05, 0.1) is 12.6 Å². The molecule has 1 heterocycles. The standard InChI is InChI=1S/C11H9NO3/c13-11(14)6-8-5-9-3-1-2-4-10(9)15-12-7-8/h1-5,7H,6H2,(H,13,14). The van der Waals surface area contributed by atoms with E-state index in [1.807, 2.05) is 18.2 Å². The van der Waals surface area contributed by atoms with E-state index in [4.69, 9.17) is 9.94 Å². The maximum Gasteiger partial charge on any atom is 0.307 e. The lowest BCUT2D eigenvalue weighted by Gasteiger charge is -1.99. The molecule has 0 bridgehead atoms. The van der Waals surface area contributed by atoms with E-state index in [2.05, 4.69) is 5.16 Å². The second-order valence-corrected chi connectivity index (χ2v) is 3.15. The molecule has 1 aliphatic rings. The molecule has 0 spiro atoms. The van der Waals surface area contributed by atoms with Crippen molar-refractivity contribution in [2.75, 3.05) is 0 Å². The van der Waals surface area contributed by atoms with Gasteiger partial charge in [-0.1, -0.05) is 23.4 Å². The molecule has 0 atom stereocenters. The number of carbonyl (C=O) groups is 1. The summed E-state index contributed by atoms with van der Waals surface area (Å²) in [6.45, 7) is 0. The summed E-state index contributed by atoms with van der Waals surface area (Å²) in [4.78, 5) is 15.6. The molecule has 0 fully saturated rings. The number of carboxylic acid groups (broad SMARTS) is 1. The zero-order valence-electron chi connectivity index (χ0n) is 7.88. The van der Waals surface area contributed by atoms with Crippen molar-refractivity contribution in [3.05, 3.63) is 35.4 Å². The third-order valence-corrected chi connectivity index (χ3v) is 1.98. The summed E-state index contributed by atoms with van der Waals surface area (Å²) in [7, 11) is 0.